The molecule has 0 saturated heterocycles. The number of nitrogens with zero attached hydrogens (tertiary/aromatic N) is 1. The zero-order chi connectivity index (χ0) is 20.8. The molecule has 1 aromatic heterocycles. The van der Waals surface area contributed by atoms with E-state index in [-0.39, 0.29) is 18.9 Å². The fraction of sp³-hybridized carbons (Fsp3) is 0.227. The fourth-order valence-corrected chi connectivity index (χ4v) is 3.37. The SMILES string of the molecule is Cc1ccc(OCc2nc(C(=O)OCC(=O)Nc3cc(C)cc(C)c3)cs2)cc1. The number of carbonyl (C=O) groups excluding carboxylic acids is 2. The molecule has 0 saturated carbocycles. The molecule has 0 unspecified atom stereocenters. The number of aromatic nitrogens is 1. The van der Waals surface area contributed by atoms with Crippen molar-refractivity contribution in [3.05, 3.63) is 75.2 Å². The Bertz CT molecular complexity index is 992. The predicted molar refractivity (Wildman–Crippen MR) is 112 cm³/mol. The minimum Gasteiger partial charge on any atom is -0.486 e. The fourth-order valence-electron chi connectivity index (χ4n) is 2.70. The maximum atomic E-state index is 12.1. The van der Waals surface area contributed by atoms with Crippen molar-refractivity contribution in [2.75, 3.05) is 11.9 Å². The summed E-state index contributed by atoms with van der Waals surface area (Å²) in [4.78, 5) is 28.4. The van der Waals surface area contributed by atoms with Crippen molar-refractivity contribution in [2.45, 2.75) is 27.4 Å². The molecule has 0 radical (unpaired) electrons. The van der Waals surface area contributed by atoms with Gasteiger partial charge in [0, 0.05) is 11.1 Å². The van der Waals surface area contributed by atoms with E-state index >= 15 is 0 Å². The van der Waals surface area contributed by atoms with Gasteiger partial charge in [0.1, 0.15) is 17.4 Å². The van der Waals surface area contributed by atoms with Crippen LogP contribution in [0.4, 0.5) is 5.69 Å². The van der Waals surface area contributed by atoms with Crippen molar-refractivity contribution in [3.63, 3.8) is 0 Å². The lowest BCUT2D eigenvalue weighted by Crippen LogP contribution is -2.21. The molecule has 2 aromatic carbocycles. The minimum absolute atomic E-state index is 0.164. The molecule has 1 heterocycles. The molecule has 6 nitrogen and oxygen atoms in total. The van der Waals surface area contributed by atoms with Gasteiger partial charge in [-0.2, -0.15) is 0 Å². The normalized spacial score (nSPS) is 10.4. The zero-order valence-electron chi connectivity index (χ0n) is 16.5. The number of hydrogen-bond acceptors (Lipinski definition) is 6. The van der Waals surface area contributed by atoms with Gasteiger partial charge >= 0.3 is 5.97 Å². The summed E-state index contributed by atoms with van der Waals surface area (Å²) in [6.45, 7) is 5.79. The molecule has 0 aliphatic rings. The summed E-state index contributed by atoms with van der Waals surface area (Å²) in [5.74, 6) is -0.308. The maximum Gasteiger partial charge on any atom is 0.358 e. The van der Waals surface area contributed by atoms with E-state index in [0.717, 1.165) is 22.4 Å². The number of aryl methyl sites for hydroxylation is 3. The third kappa shape index (κ3) is 6.15. The number of anilines is 1. The Kier molecular flexibility index (Phi) is 6.61. The first-order valence-corrected chi connectivity index (χ1v) is 9.96. The molecule has 0 spiro atoms. The molecule has 0 fully saturated rings. The predicted octanol–water partition coefficient (Wildman–Crippen LogP) is 4.44. The standard InChI is InChI=1S/C22H22N2O4S/c1-14-4-6-18(7-5-14)27-12-21-24-19(13-29-21)22(26)28-11-20(25)23-17-9-15(2)8-16(3)10-17/h4-10,13H,11-12H2,1-3H3,(H,23,25). The van der Waals surface area contributed by atoms with Gasteiger partial charge in [0.2, 0.25) is 0 Å². The first-order valence-electron chi connectivity index (χ1n) is 9.08. The van der Waals surface area contributed by atoms with Gasteiger partial charge in [0.05, 0.1) is 0 Å². The molecular formula is C22H22N2O4S. The van der Waals surface area contributed by atoms with E-state index in [1.165, 1.54) is 11.3 Å². The summed E-state index contributed by atoms with van der Waals surface area (Å²) in [6, 6.07) is 13.4. The van der Waals surface area contributed by atoms with E-state index in [1.807, 2.05) is 63.2 Å². The largest absolute Gasteiger partial charge is 0.486 e. The van der Waals surface area contributed by atoms with Gasteiger partial charge in [-0.05, 0) is 56.2 Å². The Morgan fingerprint density at radius 3 is 2.38 bits per heavy atom. The Hall–Kier alpha value is -3.19. The lowest BCUT2D eigenvalue weighted by molar-refractivity contribution is -0.119. The number of hydrogen-bond donors (Lipinski definition) is 1. The van der Waals surface area contributed by atoms with Crippen LogP contribution < -0.4 is 10.1 Å². The van der Waals surface area contributed by atoms with Gasteiger partial charge in [-0.25, -0.2) is 9.78 Å². The lowest BCUT2D eigenvalue weighted by atomic mass is 10.1. The number of esters is 1. The lowest BCUT2D eigenvalue weighted by Gasteiger charge is -2.08. The van der Waals surface area contributed by atoms with Crippen molar-refractivity contribution >= 4 is 28.9 Å². The highest BCUT2D eigenvalue weighted by molar-refractivity contribution is 7.09. The second-order valence-corrected chi connectivity index (χ2v) is 7.67. The van der Waals surface area contributed by atoms with Crippen molar-refractivity contribution < 1.29 is 19.1 Å². The molecule has 150 valence electrons. The Labute approximate surface area is 173 Å². The number of thiazole rings is 1. The number of benzene rings is 2. The maximum absolute atomic E-state index is 12.1. The summed E-state index contributed by atoms with van der Waals surface area (Å²) in [5, 5.41) is 4.97. The average Bonchev–Trinajstić information content (AvgIpc) is 3.14. The molecule has 29 heavy (non-hydrogen) atoms. The van der Waals surface area contributed by atoms with Crippen LogP contribution in [0.15, 0.2) is 47.8 Å². The minimum atomic E-state index is -0.640. The Morgan fingerprint density at radius 2 is 1.69 bits per heavy atom. The van der Waals surface area contributed by atoms with Crippen molar-refractivity contribution in [2.24, 2.45) is 0 Å². The summed E-state index contributed by atoms with van der Waals surface area (Å²) in [7, 11) is 0. The van der Waals surface area contributed by atoms with Gasteiger partial charge in [-0.3, -0.25) is 4.79 Å². The number of rotatable bonds is 7. The van der Waals surface area contributed by atoms with Crippen LogP contribution in [0.25, 0.3) is 0 Å². The highest BCUT2D eigenvalue weighted by Gasteiger charge is 2.15. The molecule has 3 aromatic rings. The molecule has 7 heteroatoms. The van der Waals surface area contributed by atoms with Crippen LogP contribution in [0.3, 0.4) is 0 Å². The zero-order valence-corrected chi connectivity index (χ0v) is 17.3. The van der Waals surface area contributed by atoms with Gasteiger partial charge in [-0.15, -0.1) is 11.3 Å². The molecular weight excluding hydrogens is 388 g/mol. The highest BCUT2D eigenvalue weighted by Crippen LogP contribution is 2.17. The van der Waals surface area contributed by atoms with Gasteiger partial charge in [0.15, 0.2) is 12.3 Å². The summed E-state index contributed by atoms with van der Waals surface area (Å²) in [5.41, 5.74) is 4.07. The highest BCUT2D eigenvalue weighted by atomic mass is 32.1. The number of ether oxygens (including phenoxy) is 2. The van der Waals surface area contributed by atoms with Crippen molar-refractivity contribution in [1.82, 2.24) is 4.98 Å². The van der Waals surface area contributed by atoms with Crippen molar-refractivity contribution in [3.8, 4) is 5.75 Å². The quantitative estimate of drug-likeness (QED) is 0.583. The Balaban J connectivity index is 1.48. The van der Waals surface area contributed by atoms with Crippen LogP contribution >= 0.6 is 11.3 Å². The third-order valence-corrected chi connectivity index (χ3v) is 4.81. The second-order valence-electron chi connectivity index (χ2n) is 6.73. The van der Waals surface area contributed by atoms with E-state index in [9.17, 15) is 9.59 Å². The molecule has 3 rings (SSSR count). The third-order valence-electron chi connectivity index (χ3n) is 3.98. The molecule has 1 amide bonds. The van der Waals surface area contributed by atoms with E-state index in [1.54, 1.807) is 5.38 Å². The monoisotopic (exact) mass is 410 g/mol. The van der Waals surface area contributed by atoms with Crippen LogP contribution in [0.2, 0.25) is 0 Å². The van der Waals surface area contributed by atoms with Gasteiger partial charge in [0.25, 0.3) is 5.91 Å². The number of carbonyl (C=O) groups is 2. The van der Waals surface area contributed by atoms with Gasteiger partial charge < -0.3 is 14.8 Å². The smallest absolute Gasteiger partial charge is 0.358 e. The summed E-state index contributed by atoms with van der Waals surface area (Å²) >= 11 is 1.30. The van der Waals surface area contributed by atoms with Crippen LogP contribution in [-0.2, 0) is 16.1 Å². The Morgan fingerprint density at radius 1 is 1.00 bits per heavy atom. The van der Waals surface area contributed by atoms with Crippen molar-refractivity contribution in [1.29, 1.82) is 0 Å². The van der Waals surface area contributed by atoms with Gasteiger partial charge in [-0.1, -0.05) is 23.8 Å². The number of amides is 1. The first kappa shape index (κ1) is 20.5. The number of nitrogens with one attached hydrogen (secondary N) is 1. The van der Waals surface area contributed by atoms with Crippen LogP contribution in [0.1, 0.15) is 32.2 Å². The van der Waals surface area contributed by atoms with E-state index < -0.39 is 11.9 Å². The van der Waals surface area contributed by atoms with E-state index in [4.69, 9.17) is 9.47 Å². The summed E-state index contributed by atoms with van der Waals surface area (Å²) < 4.78 is 10.7. The molecule has 0 atom stereocenters. The molecule has 0 aliphatic heterocycles. The second kappa shape index (κ2) is 9.34. The average molecular weight is 410 g/mol. The molecule has 0 bridgehead atoms. The van der Waals surface area contributed by atoms with E-state index in [2.05, 4.69) is 10.3 Å². The molecule has 0 aliphatic carbocycles. The summed E-state index contributed by atoms with van der Waals surface area (Å²) in [6.07, 6.45) is 0. The topological polar surface area (TPSA) is 77.5 Å². The van der Waals surface area contributed by atoms with Crippen LogP contribution in [-0.4, -0.2) is 23.5 Å². The molecule has 1 N–H and O–H groups in total. The van der Waals surface area contributed by atoms with E-state index in [0.29, 0.717) is 10.7 Å². The van der Waals surface area contributed by atoms with Crippen LogP contribution in [0.5, 0.6) is 5.75 Å². The first-order chi connectivity index (χ1) is 13.9. The van der Waals surface area contributed by atoms with Crippen LogP contribution in [0, 0.1) is 20.8 Å².